The van der Waals surface area contributed by atoms with Crippen molar-refractivity contribution in [2.45, 2.75) is 26.9 Å². The number of benzene rings is 3. The van der Waals surface area contributed by atoms with Crippen LogP contribution in [0.4, 0.5) is 10.5 Å². The lowest BCUT2D eigenvalue weighted by Crippen LogP contribution is -2.41. The van der Waals surface area contributed by atoms with Gasteiger partial charge in [0.1, 0.15) is 5.01 Å². The quantitative estimate of drug-likeness (QED) is 0.295. The van der Waals surface area contributed by atoms with Gasteiger partial charge in [-0.15, -0.1) is 11.3 Å². The largest absolute Gasteiger partial charge is 0.366 e. The molecular weight excluding hydrogens is 494 g/mol. The molecule has 0 atom stereocenters. The zero-order chi connectivity index (χ0) is 26.4. The fraction of sp³-hybridized carbons (Fsp3) is 0.167. The molecule has 1 aliphatic rings. The number of amides is 3. The van der Waals surface area contributed by atoms with Crippen molar-refractivity contribution in [3.05, 3.63) is 95.2 Å². The third-order valence-corrected chi connectivity index (χ3v) is 8.12. The van der Waals surface area contributed by atoms with Crippen molar-refractivity contribution < 1.29 is 9.59 Å². The molecule has 0 unspecified atom stereocenters. The maximum atomic E-state index is 13.2. The average Bonchev–Trinajstić information content (AvgIpc) is 3.46. The predicted octanol–water partition coefficient (Wildman–Crippen LogP) is 6.20. The van der Waals surface area contributed by atoms with Crippen molar-refractivity contribution in [3.8, 4) is 21.8 Å². The van der Waals surface area contributed by atoms with Crippen molar-refractivity contribution in [3.63, 3.8) is 0 Å². The molecule has 0 bridgehead atoms. The SMILES string of the molecule is Cc1ccc2nc(-c3ccc(NC(=O)N4CCn5c(c(C(N)=O)c(C)c5-c5ccccc5)C4)cc3)sc2c1. The second-order valence-electron chi connectivity index (χ2n) is 9.60. The Labute approximate surface area is 224 Å². The summed E-state index contributed by atoms with van der Waals surface area (Å²) in [6.07, 6.45) is 0. The number of primary amides is 1. The molecule has 0 radical (unpaired) electrons. The van der Waals surface area contributed by atoms with Crippen molar-refractivity contribution in [1.29, 1.82) is 0 Å². The zero-order valence-electron chi connectivity index (χ0n) is 21.2. The van der Waals surface area contributed by atoms with Crippen molar-refractivity contribution in [2.75, 3.05) is 11.9 Å². The molecular formula is C30H27N5O2S. The molecule has 0 fully saturated rings. The zero-order valence-corrected chi connectivity index (χ0v) is 22.0. The first-order chi connectivity index (χ1) is 18.4. The fourth-order valence-electron chi connectivity index (χ4n) is 5.22. The third-order valence-electron chi connectivity index (χ3n) is 7.06. The smallest absolute Gasteiger partial charge is 0.322 e. The molecule has 3 amide bonds. The number of fused-ring (bicyclic) bond motifs is 2. The van der Waals surface area contributed by atoms with Crippen LogP contribution in [0.5, 0.6) is 0 Å². The molecule has 3 N–H and O–H groups in total. The molecule has 3 heterocycles. The van der Waals surface area contributed by atoms with E-state index in [1.54, 1.807) is 16.2 Å². The van der Waals surface area contributed by atoms with Crippen LogP contribution in [0.3, 0.4) is 0 Å². The highest BCUT2D eigenvalue weighted by Gasteiger charge is 2.30. The first kappa shape index (κ1) is 23.9. The van der Waals surface area contributed by atoms with Crippen LogP contribution < -0.4 is 11.1 Å². The lowest BCUT2D eigenvalue weighted by molar-refractivity contribution is 0.0996. The molecule has 8 heteroatoms. The van der Waals surface area contributed by atoms with E-state index in [1.165, 1.54) is 5.56 Å². The highest BCUT2D eigenvalue weighted by molar-refractivity contribution is 7.21. The molecule has 1 aliphatic heterocycles. The number of anilines is 1. The topological polar surface area (TPSA) is 93.2 Å². The predicted molar refractivity (Wildman–Crippen MR) is 152 cm³/mol. The number of nitrogens with zero attached hydrogens (tertiary/aromatic N) is 3. The fourth-order valence-corrected chi connectivity index (χ4v) is 6.29. The van der Waals surface area contributed by atoms with Gasteiger partial charge in [0.15, 0.2) is 0 Å². The maximum absolute atomic E-state index is 13.2. The number of thiazole rings is 1. The molecule has 190 valence electrons. The molecule has 38 heavy (non-hydrogen) atoms. The van der Waals surface area contributed by atoms with E-state index in [2.05, 4.69) is 28.9 Å². The van der Waals surface area contributed by atoms with Gasteiger partial charge in [0, 0.05) is 24.3 Å². The standard InChI is InChI=1S/C30H27N5O2S/c1-18-8-13-23-25(16-18)38-29(33-23)21-9-11-22(12-10-21)32-30(37)34-14-15-35-24(17-34)26(28(31)36)19(2)27(35)20-6-4-3-5-7-20/h3-13,16H,14-15,17H2,1-2H3,(H2,31,36)(H,32,37). The summed E-state index contributed by atoms with van der Waals surface area (Å²) in [5.41, 5.74) is 13.8. The van der Waals surface area contributed by atoms with Gasteiger partial charge in [-0.1, -0.05) is 36.4 Å². The third kappa shape index (κ3) is 4.22. The first-order valence-corrected chi connectivity index (χ1v) is 13.3. The van der Waals surface area contributed by atoms with E-state index in [-0.39, 0.29) is 6.03 Å². The van der Waals surface area contributed by atoms with Crippen LogP contribution in [0.2, 0.25) is 0 Å². The Morgan fingerprint density at radius 1 is 0.947 bits per heavy atom. The Morgan fingerprint density at radius 3 is 2.45 bits per heavy atom. The normalized spacial score (nSPS) is 12.9. The van der Waals surface area contributed by atoms with Crippen LogP contribution in [0, 0.1) is 13.8 Å². The number of carbonyl (C=O) groups is 2. The van der Waals surface area contributed by atoms with E-state index in [0.717, 1.165) is 43.3 Å². The number of nitrogens with one attached hydrogen (secondary N) is 1. The van der Waals surface area contributed by atoms with Gasteiger partial charge >= 0.3 is 6.03 Å². The minimum absolute atomic E-state index is 0.213. The lowest BCUT2D eigenvalue weighted by Gasteiger charge is -2.30. The van der Waals surface area contributed by atoms with Crippen LogP contribution >= 0.6 is 11.3 Å². The second kappa shape index (κ2) is 9.46. The number of aryl methyl sites for hydroxylation is 1. The Morgan fingerprint density at radius 2 is 1.71 bits per heavy atom. The van der Waals surface area contributed by atoms with E-state index in [4.69, 9.17) is 10.7 Å². The van der Waals surface area contributed by atoms with Crippen LogP contribution in [0.25, 0.3) is 32.0 Å². The Bertz CT molecular complexity index is 1690. The number of hydrogen-bond donors (Lipinski definition) is 2. The van der Waals surface area contributed by atoms with Crippen LogP contribution in [0.15, 0.2) is 72.8 Å². The summed E-state index contributed by atoms with van der Waals surface area (Å²) in [4.78, 5) is 32.1. The summed E-state index contributed by atoms with van der Waals surface area (Å²) in [7, 11) is 0. The van der Waals surface area contributed by atoms with Gasteiger partial charge in [0.05, 0.1) is 33.7 Å². The van der Waals surface area contributed by atoms with Gasteiger partial charge in [-0.3, -0.25) is 4.79 Å². The van der Waals surface area contributed by atoms with Gasteiger partial charge < -0.3 is 20.5 Å². The van der Waals surface area contributed by atoms with Gasteiger partial charge in [0.2, 0.25) is 0 Å². The first-order valence-electron chi connectivity index (χ1n) is 12.5. The summed E-state index contributed by atoms with van der Waals surface area (Å²) in [5, 5.41) is 3.95. The van der Waals surface area contributed by atoms with E-state index < -0.39 is 5.91 Å². The van der Waals surface area contributed by atoms with Gasteiger partial charge in [-0.05, 0) is 66.9 Å². The Balaban J connectivity index is 1.21. The summed E-state index contributed by atoms with van der Waals surface area (Å²) < 4.78 is 3.29. The number of hydrogen-bond acceptors (Lipinski definition) is 4. The summed E-state index contributed by atoms with van der Waals surface area (Å²) in [5.74, 6) is -0.476. The minimum Gasteiger partial charge on any atom is -0.366 e. The molecule has 3 aromatic carbocycles. The van der Waals surface area contributed by atoms with Crippen molar-refractivity contribution in [2.24, 2.45) is 5.73 Å². The molecule has 0 saturated heterocycles. The molecule has 7 nitrogen and oxygen atoms in total. The molecule has 6 rings (SSSR count). The lowest BCUT2D eigenvalue weighted by atomic mass is 10.0. The highest BCUT2D eigenvalue weighted by Crippen LogP contribution is 2.34. The summed E-state index contributed by atoms with van der Waals surface area (Å²) >= 11 is 1.66. The molecule has 0 aliphatic carbocycles. The number of rotatable bonds is 4. The van der Waals surface area contributed by atoms with Gasteiger partial charge in [-0.2, -0.15) is 0 Å². The van der Waals surface area contributed by atoms with E-state index >= 15 is 0 Å². The molecule has 5 aromatic rings. The van der Waals surface area contributed by atoms with Crippen LogP contribution in [0.1, 0.15) is 27.2 Å². The van der Waals surface area contributed by atoms with Crippen molar-refractivity contribution >= 4 is 39.2 Å². The maximum Gasteiger partial charge on any atom is 0.322 e. The number of aromatic nitrogens is 2. The number of urea groups is 1. The van der Waals surface area contributed by atoms with E-state index in [0.29, 0.717) is 30.9 Å². The Hall–Kier alpha value is -4.43. The number of carbonyl (C=O) groups excluding carboxylic acids is 2. The molecule has 0 saturated carbocycles. The van der Waals surface area contributed by atoms with Gasteiger partial charge in [0.25, 0.3) is 5.91 Å². The Kier molecular flexibility index (Phi) is 5.96. The van der Waals surface area contributed by atoms with Crippen LogP contribution in [-0.4, -0.2) is 32.9 Å². The average molecular weight is 522 g/mol. The highest BCUT2D eigenvalue weighted by atomic mass is 32.1. The minimum atomic E-state index is -0.476. The second-order valence-corrected chi connectivity index (χ2v) is 10.6. The molecule has 0 spiro atoms. The van der Waals surface area contributed by atoms with E-state index in [9.17, 15) is 9.59 Å². The summed E-state index contributed by atoms with van der Waals surface area (Å²) in [6, 6.07) is 23.7. The van der Waals surface area contributed by atoms with Gasteiger partial charge in [-0.25, -0.2) is 9.78 Å². The summed E-state index contributed by atoms with van der Waals surface area (Å²) in [6.45, 7) is 5.41. The van der Waals surface area contributed by atoms with Crippen molar-refractivity contribution in [1.82, 2.24) is 14.5 Å². The molecule has 2 aromatic heterocycles. The van der Waals surface area contributed by atoms with E-state index in [1.807, 2.05) is 67.6 Å². The number of nitrogens with two attached hydrogens (primary N) is 1. The van der Waals surface area contributed by atoms with Crippen LogP contribution in [-0.2, 0) is 13.1 Å². The monoisotopic (exact) mass is 521 g/mol.